The summed E-state index contributed by atoms with van der Waals surface area (Å²) >= 11 is 0. The smallest absolute Gasteiger partial charge is 0.243 e. The van der Waals surface area contributed by atoms with Crippen LogP contribution in [0.25, 0.3) is 0 Å². The predicted octanol–water partition coefficient (Wildman–Crippen LogP) is 3.50. The molecular weight excluding hydrogens is 314 g/mol. The molecule has 1 heterocycles. The first-order valence-electron chi connectivity index (χ1n) is 8.64. The number of nitrogens with one attached hydrogen (secondary N) is 1. The van der Waals surface area contributed by atoms with Gasteiger partial charge < -0.3 is 20.7 Å². The largest absolute Gasteiger partial charge is 0.486 e. The number of fused-ring (bicyclic) bond motifs is 1. The van der Waals surface area contributed by atoms with Crippen molar-refractivity contribution in [3.8, 4) is 5.75 Å². The highest BCUT2D eigenvalue weighted by atomic mass is 16.5. The van der Waals surface area contributed by atoms with Crippen molar-refractivity contribution in [2.75, 3.05) is 29.0 Å². The average Bonchev–Trinajstić information content (AvgIpc) is 2.56. The molecule has 1 atom stereocenters. The number of rotatable bonds is 4. The minimum Gasteiger partial charge on any atom is -0.486 e. The van der Waals surface area contributed by atoms with Crippen LogP contribution >= 0.6 is 0 Å². The first kappa shape index (κ1) is 17.1. The number of hydrogen-bond acceptors (Lipinski definition) is 4. The van der Waals surface area contributed by atoms with Gasteiger partial charge in [0.1, 0.15) is 11.9 Å². The summed E-state index contributed by atoms with van der Waals surface area (Å²) in [4.78, 5) is 14.6. The maximum Gasteiger partial charge on any atom is 0.243 e. The summed E-state index contributed by atoms with van der Waals surface area (Å²) in [5, 5.41) is 3.01. The Morgan fingerprint density at radius 3 is 2.80 bits per heavy atom. The van der Waals surface area contributed by atoms with Gasteiger partial charge in [0.2, 0.25) is 5.91 Å². The van der Waals surface area contributed by atoms with Crippen molar-refractivity contribution in [2.24, 2.45) is 0 Å². The van der Waals surface area contributed by atoms with Crippen molar-refractivity contribution in [1.82, 2.24) is 0 Å². The van der Waals surface area contributed by atoms with Crippen molar-refractivity contribution >= 4 is 23.0 Å². The number of amides is 1. The van der Waals surface area contributed by atoms with Crippen LogP contribution in [0.4, 0.5) is 17.1 Å². The molecule has 1 aliphatic rings. The third-order valence-electron chi connectivity index (χ3n) is 4.49. The molecule has 3 rings (SSSR count). The summed E-state index contributed by atoms with van der Waals surface area (Å²) in [7, 11) is 0. The summed E-state index contributed by atoms with van der Waals surface area (Å²) in [5.41, 5.74) is 10.5. The van der Waals surface area contributed by atoms with E-state index in [1.165, 1.54) is 5.56 Å². The number of hydrogen-bond donors (Lipinski definition) is 2. The van der Waals surface area contributed by atoms with Gasteiger partial charge in [-0.05, 0) is 44.0 Å². The molecule has 0 aromatic heterocycles. The minimum absolute atomic E-state index is 0.0357. The second-order valence-corrected chi connectivity index (χ2v) is 6.62. The average molecular weight is 339 g/mol. The van der Waals surface area contributed by atoms with E-state index >= 15 is 0 Å². The van der Waals surface area contributed by atoms with Crippen LogP contribution < -0.4 is 20.7 Å². The lowest BCUT2D eigenvalue weighted by atomic mass is 10.1. The zero-order valence-corrected chi connectivity index (χ0v) is 15.0. The lowest BCUT2D eigenvalue weighted by molar-refractivity contribution is -0.115. The predicted molar refractivity (Wildman–Crippen MR) is 102 cm³/mol. The first-order chi connectivity index (χ1) is 12.0. The third-order valence-corrected chi connectivity index (χ3v) is 4.49. The van der Waals surface area contributed by atoms with Crippen molar-refractivity contribution in [3.63, 3.8) is 0 Å². The Morgan fingerprint density at radius 1 is 1.28 bits per heavy atom. The van der Waals surface area contributed by atoms with E-state index in [9.17, 15) is 4.79 Å². The number of carbonyl (C=O) groups is 1. The Labute approximate surface area is 148 Å². The van der Waals surface area contributed by atoms with Gasteiger partial charge in [-0.25, -0.2) is 0 Å². The van der Waals surface area contributed by atoms with Crippen molar-refractivity contribution < 1.29 is 9.53 Å². The monoisotopic (exact) mass is 339 g/mol. The first-order valence-corrected chi connectivity index (χ1v) is 8.64. The molecule has 0 bridgehead atoms. The topological polar surface area (TPSA) is 67.6 Å². The quantitative estimate of drug-likeness (QED) is 0.837. The number of nitrogen functional groups attached to an aromatic ring is 1. The Morgan fingerprint density at radius 2 is 2.08 bits per heavy atom. The molecule has 0 spiro atoms. The molecule has 0 saturated heterocycles. The molecule has 5 nitrogen and oxygen atoms in total. The zero-order chi connectivity index (χ0) is 18.0. The highest BCUT2D eigenvalue weighted by Crippen LogP contribution is 2.35. The van der Waals surface area contributed by atoms with E-state index < -0.39 is 0 Å². The van der Waals surface area contributed by atoms with Crippen LogP contribution in [-0.2, 0) is 4.79 Å². The van der Waals surface area contributed by atoms with Crippen LogP contribution in [0.5, 0.6) is 5.75 Å². The normalized spacial score (nSPS) is 16.1. The second kappa shape index (κ2) is 7.05. The highest BCUT2D eigenvalue weighted by molar-refractivity contribution is 5.95. The van der Waals surface area contributed by atoms with Gasteiger partial charge >= 0.3 is 0 Å². The van der Waals surface area contributed by atoms with E-state index in [2.05, 4.69) is 23.2 Å². The number of nitrogens with two attached hydrogens (primary N) is 1. The molecule has 0 fully saturated rings. The van der Waals surface area contributed by atoms with E-state index in [0.717, 1.165) is 29.1 Å². The Hall–Kier alpha value is -2.69. The van der Waals surface area contributed by atoms with Gasteiger partial charge in [0.15, 0.2) is 0 Å². The van der Waals surface area contributed by atoms with Gasteiger partial charge in [0, 0.05) is 17.4 Å². The Kier molecular flexibility index (Phi) is 4.83. The van der Waals surface area contributed by atoms with Crippen molar-refractivity contribution in [1.29, 1.82) is 0 Å². The van der Waals surface area contributed by atoms with E-state index in [1.807, 2.05) is 44.2 Å². The van der Waals surface area contributed by atoms with Gasteiger partial charge in [-0.15, -0.1) is 0 Å². The minimum atomic E-state index is -0.0357. The summed E-state index contributed by atoms with van der Waals surface area (Å²) in [5.74, 6) is 0.712. The number of aryl methyl sites for hydroxylation is 2. The lowest BCUT2D eigenvalue weighted by Gasteiger charge is -2.35. The summed E-state index contributed by atoms with van der Waals surface area (Å²) < 4.78 is 5.97. The summed E-state index contributed by atoms with van der Waals surface area (Å²) in [6, 6.07) is 11.6. The molecule has 1 aliphatic heterocycles. The molecule has 5 heteroatoms. The summed E-state index contributed by atoms with van der Waals surface area (Å²) in [6.45, 7) is 7.09. The summed E-state index contributed by atoms with van der Waals surface area (Å²) in [6.07, 6.45) is 0.937. The number of anilines is 3. The van der Waals surface area contributed by atoms with Crippen LogP contribution in [0.1, 0.15) is 24.5 Å². The van der Waals surface area contributed by atoms with Crippen LogP contribution in [0.2, 0.25) is 0 Å². The van der Waals surface area contributed by atoms with Gasteiger partial charge in [-0.3, -0.25) is 4.79 Å². The number of nitrogens with zero attached hydrogens (tertiary/aromatic N) is 1. The molecule has 0 saturated carbocycles. The molecule has 25 heavy (non-hydrogen) atoms. The number of carbonyl (C=O) groups excluding carboxylic acids is 1. The molecule has 0 aliphatic carbocycles. The number of benzene rings is 2. The maximum absolute atomic E-state index is 12.6. The molecule has 2 aromatic rings. The fourth-order valence-electron chi connectivity index (χ4n) is 3.13. The van der Waals surface area contributed by atoms with Crippen LogP contribution in [0.3, 0.4) is 0 Å². The third kappa shape index (κ3) is 3.87. The van der Waals surface area contributed by atoms with Gasteiger partial charge in [-0.2, -0.15) is 0 Å². The van der Waals surface area contributed by atoms with E-state index in [1.54, 1.807) is 0 Å². The lowest BCUT2D eigenvalue weighted by Crippen LogP contribution is -2.43. The Balaban J connectivity index is 1.76. The van der Waals surface area contributed by atoms with Crippen molar-refractivity contribution in [3.05, 3.63) is 47.5 Å². The molecular formula is C20H25N3O2. The second-order valence-electron chi connectivity index (χ2n) is 6.62. The SMILES string of the molecule is CCC1CN(CC(=O)Nc2ccc(C)cc2C)c2ccc(N)cc2O1. The van der Waals surface area contributed by atoms with Crippen LogP contribution in [0, 0.1) is 13.8 Å². The van der Waals surface area contributed by atoms with Crippen LogP contribution in [-0.4, -0.2) is 25.1 Å². The molecule has 3 N–H and O–H groups in total. The zero-order valence-electron chi connectivity index (χ0n) is 15.0. The van der Waals surface area contributed by atoms with Gasteiger partial charge in [-0.1, -0.05) is 24.6 Å². The molecule has 0 radical (unpaired) electrons. The fraction of sp³-hybridized carbons (Fsp3) is 0.350. The van der Waals surface area contributed by atoms with Crippen molar-refractivity contribution in [2.45, 2.75) is 33.3 Å². The molecule has 1 amide bonds. The van der Waals surface area contributed by atoms with E-state index in [4.69, 9.17) is 10.5 Å². The highest BCUT2D eigenvalue weighted by Gasteiger charge is 2.26. The van der Waals surface area contributed by atoms with E-state index in [0.29, 0.717) is 12.2 Å². The molecule has 2 aromatic carbocycles. The maximum atomic E-state index is 12.6. The van der Waals surface area contributed by atoms with Gasteiger partial charge in [0.05, 0.1) is 18.8 Å². The molecule has 132 valence electrons. The van der Waals surface area contributed by atoms with Crippen LogP contribution in [0.15, 0.2) is 36.4 Å². The van der Waals surface area contributed by atoms with E-state index in [-0.39, 0.29) is 18.6 Å². The number of ether oxygens (including phenoxy) is 1. The Bertz CT molecular complexity index is 789. The standard InChI is InChI=1S/C20H25N3O2/c1-4-16-11-23(18-8-6-15(21)10-19(18)25-16)12-20(24)22-17-7-5-13(2)9-14(17)3/h5-10,16H,4,11-12,21H2,1-3H3,(H,22,24). The fourth-order valence-corrected chi connectivity index (χ4v) is 3.13. The molecule has 1 unspecified atom stereocenters. The van der Waals surface area contributed by atoms with Gasteiger partial charge in [0.25, 0.3) is 0 Å².